The molecule has 10 heteroatoms. The molecule has 9 nitrogen and oxygen atoms in total. The van der Waals surface area contributed by atoms with Gasteiger partial charge in [0, 0.05) is 31.2 Å². The number of rotatable bonds is 7. The van der Waals surface area contributed by atoms with Crippen molar-refractivity contribution in [3.8, 4) is 0 Å². The largest absolute Gasteiger partial charge is 0.477 e. The maximum atomic E-state index is 15.2. The number of carboxylic acid groups (broad SMARTS) is 1. The van der Waals surface area contributed by atoms with Gasteiger partial charge in [0.25, 0.3) is 0 Å². The molecule has 1 aromatic carbocycles. The number of carbonyl (C=O) groups is 1. The van der Waals surface area contributed by atoms with Crippen molar-refractivity contribution < 1.29 is 19.1 Å². The van der Waals surface area contributed by atoms with E-state index in [0.717, 1.165) is 24.5 Å². The standard InChI is InChI=1S/C24H24FN5O4/c25-19-8-17-21(31)18(24(32)33)11-30(16-6-7-16)22(17)27-23(19)29-10-15(9-26)20(12-29)28-34-13-14-4-2-1-3-5-14/h1-5,8,11,15-16H,6-7,9-10,12-13,26H2,(H,32,33). The molecule has 3 aromatic rings. The Hall–Kier alpha value is -3.79. The second-order valence-corrected chi connectivity index (χ2v) is 8.64. The van der Waals surface area contributed by atoms with Gasteiger partial charge in [-0.2, -0.15) is 0 Å². The maximum Gasteiger partial charge on any atom is 0.341 e. The van der Waals surface area contributed by atoms with E-state index in [4.69, 9.17) is 10.6 Å². The molecule has 5 rings (SSSR count). The van der Waals surface area contributed by atoms with Gasteiger partial charge < -0.3 is 25.1 Å². The summed E-state index contributed by atoms with van der Waals surface area (Å²) in [4.78, 5) is 35.9. The van der Waals surface area contributed by atoms with E-state index in [9.17, 15) is 14.7 Å². The van der Waals surface area contributed by atoms with Crippen molar-refractivity contribution in [1.82, 2.24) is 9.55 Å². The zero-order valence-corrected chi connectivity index (χ0v) is 18.4. The molecule has 1 saturated carbocycles. The van der Waals surface area contributed by atoms with Gasteiger partial charge in [-0.15, -0.1) is 0 Å². The van der Waals surface area contributed by atoms with Crippen LogP contribution in [0, 0.1) is 11.7 Å². The van der Waals surface area contributed by atoms with Crippen LogP contribution in [0.3, 0.4) is 0 Å². The summed E-state index contributed by atoms with van der Waals surface area (Å²) in [6, 6.07) is 10.8. The lowest BCUT2D eigenvalue weighted by molar-refractivity contribution is 0.0695. The van der Waals surface area contributed by atoms with E-state index in [2.05, 4.69) is 10.1 Å². The molecule has 1 aliphatic heterocycles. The van der Waals surface area contributed by atoms with E-state index in [-0.39, 0.29) is 40.9 Å². The van der Waals surface area contributed by atoms with Crippen molar-refractivity contribution in [3.63, 3.8) is 0 Å². The molecule has 2 aliphatic rings. The first kappa shape index (κ1) is 22.0. The third kappa shape index (κ3) is 4.12. The average Bonchev–Trinajstić information content (AvgIpc) is 3.59. The number of fused-ring (bicyclic) bond motifs is 1. The molecule has 1 atom stereocenters. The molecule has 0 bridgehead atoms. The molecule has 176 valence electrons. The van der Waals surface area contributed by atoms with Crippen LogP contribution < -0.4 is 16.1 Å². The van der Waals surface area contributed by atoms with E-state index in [0.29, 0.717) is 25.4 Å². The SMILES string of the molecule is NCC1CN(c2nc3c(cc2F)c(=O)c(C(=O)O)cn3C2CC2)CC1=NOCc1ccccc1. The number of halogens is 1. The molecule has 0 spiro atoms. The maximum absolute atomic E-state index is 15.2. The molecular formula is C24H24FN5O4. The van der Waals surface area contributed by atoms with Crippen LogP contribution in [0.25, 0.3) is 11.0 Å². The highest BCUT2D eigenvalue weighted by molar-refractivity contribution is 5.95. The summed E-state index contributed by atoms with van der Waals surface area (Å²) in [5.74, 6) is -2.09. The Morgan fingerprint density at radius 3 is 2.74 bits per heavy atom. The van der Waals surface area contributed by atoms with Gasteiger partial charge >= 0.3 is 5.97 Å². The Kier molecular flexibility index (Phi) is 5.74. The van der Waals surface area contributed by atoms with Crippen molar-refractivity contribution in [2.45, 2.75) is 25.5 Å². The van der Waals surface area contributed by atoms with Gasteiger partial charge in [0.15, 0.2) is 11.6 Å². The number of benzene rings is 1. The van der Waals surface area contributed by atoms with Crippen LogP contribution in [0.15, 0.2) is 52.5 Å². The Balaban J connectivity index is 1.46. The van der Waals surface area contributed by atoms with E-state index in [1.165, 1.54) is 6.20 Å². The summed E-state index contributed by atoms with van der Waals surface area (Å²) in [7, 11) is 0. The predicted molar refractivity (Wildman–Crippen MR) is 125 cm³/mol. The van der Waals surface area contributed by atoms with Gasteiger partial charge in [-0.1, -0.05) is 35.5 Å². The van der Waals surface area contributed by atoms with Crippen LogP contribution in [-0.4, -0.2) is 46.0 Å². The van der Waals surface area contributed by atoms with Crippen molar-refractivity contribution in [1.29, 1.82) is 0 Å². The van der Waals surface area contributed by atoms with Gasteiger partial charge in [-0.05, 0) is 24.5 Å². The molecule has 2 aromatic heterocycles. The van der Waals surface area contributed by atoms with Crippen LogP contribution in [0.5, 0.6) is 0 Å². The molecule has 3 heterocycles. The quantitative estimate of drug-likeness (QED) is 0.514. The number of nitrogens with two attached hydrogens (primary N) is 1. The van der Waals surface area contributed by atoms with Crippen LogP contribution in [0.1, 0.15) is 34.8 Å². The highest BCUT2D eigenvalue weighted by Crippen LogP contribution is 2.37. The molecule has 0 radical (unpaired) electrons. The fourth-order valence-electron chi connectivity index (χ4n) is 4.24. The van der Waals surface area contributed by atoms with E-state index in [1.807, 2.05) is 30.3 Å². The number of pyridine rings is 2. The Labute approximate surface area is 194 Å². The van der Waals surface area contributed by atoms with Crippen molar-refractivity contribution in [3.05, 3.63) is 69.8 Å². The van der Waals surface area contributed by atoms with Gasteiger partial charge in [0.2, 0.25) is 5.43 Å². The number of nitrogens with zero attached hydrogens (tertiary/aromatic N) is 4. The van der Waals surface area contributed by atoms with E-state index < -0.39 is 17.2 Å². The summed E-state index contributed by atoms with van der Waals surface area (Å²) < 4.78 is 16.8. The fraction of sp³-hybridized carbons (Fsp3) is 0.333. The highest BCUT2D eigenvalue weighted by atomic mass is 19.1. The number of hydrogen-bond donors (Lipinski definition) is 2. The van der Waals surface area contributed by atoms with Crippen LogP contribution >= 0.6 is 0 Å². The first-order valence-corrected chi connectivity index (χ1v) is 11.1. The number of hydrogen-bond acceptors (Lipinski definition) is 7. The summed E-state index contributed by atoms with van der Waals surface area (Å²) in [5, 5.41) is 13.6. The van der Waals surface area contributed by atoms with Crippen molar-refractivity contribution >= 4 is 28.5 Å². The summed E-state index contributed by atoms with van der Waals surface area (Å²) in [6.45, 7) is 1.31. The minimum Gasteiger partial charge on any atom is -0.477 e. The molecule has 0 amide bonds. The molecule has 3 N–H and O–H groups in total. The first-order valence-electron chi connectivity index (χ1n) is 11.1. The second kappa shape index (κ2) is 8.86. The van der Waals surface area contributed by atoms with Crippen molar-refractivity contribution in [2.24, 2.45) is 16.8 Å². The number of oxime groups is 1. The summed E-state index contributed by atoms with van der Waals surface area (Å²) in [5.41, 5.74) is 6.76. The molecular weight excluding hydrogens is 441 g/mol. The average molecular weight is 465 g/mol. The smallest absolute Gasteiger partial charge is 0.341 e. The fourth-order valence-corrected chi connectivity index (χ4v) is 4.24. The minimum atomic E-state index is -1.34. The summed E-state index contributed by atoms with van der Waals surface area (Å²) in [6.07, 6.45) is 3.01. The van der Waals surface area contributed by atoms with Crippen LogP contribution in [-0.2, 0) is 11.4 Å². The monoisotopic (exact) mass is 465 g/mol. The predicted octanol–water partition coefficient (Wildman–Crippen LogP) is 2.54. The van der Waals surface area contributed by atoms with Gasteiger partial charge in [0.05, 0.1) is 17.6 Å². The lowest BCUT2D eigenvalue weighted by Gasteiger charge is -2.19. The van der Waals surface area contributed by atoms with Gasteiger partial charge in [0.1, 0.15) is 17.8 Å². The highest BCUT2D eigenvalue weighted by Gasteiger charge is 2.33. The molecule has 1 aliphatic carbocycles. The number of aromatic nitrogens is 2. The lowest BCUT2D eigenvalue weighted by Crippen LogP contribution is -2.26. The minimum absolute atomic E-state index is 0.0392. The first-order chi connectivity index (χ1) is 16.5. The van der Waals surface area contributed by atoms with Gasteiger partial charge in [-0.3, -0.25) is 4.79 Å². The lowest BCUT2D eigenvalue weighted by atomic mass is 10.1. The zero-order chi connectivity index (χ0) is 23.8. The third-order valence-corrected chi connectivity index (χ3v) is 6.21. The topological polar surface area (TPSA) is 123 Å². The molecule has 2 fully saturated rings. The van der Waals surface area contributed by atoms with Crippen molar-refractivity contribution in [2.75, 3.05) is 24.5 Å². The van der Waals surface area contributed by atoms with E-state index >= 15 is 4.39 Å². The summed E-state index contributed by atoms with van der Waals surface area (Å²) >= 11 is 0. The number of anilines is 1. The Morgan fingerprint density at radius 1 is 1.29 bits per heavy atom. The zero-order valence-electron chi connectivity index (χ0n) is 18.4. The molecule has 34 heavy (non-hydrogen) atoms. The Bertz CT molecular complexity index is 1340. The van der Waals surface area contributed by atoms with Crippen LogP contribution in [0.2, 0.25) is 0 Å². The number of aromatic carboxylic acids is 1. The third-order valence-electron chi connectivity index (χ3n) is 6.21. The Morgan fingerprint density at radius 2 is 2.06 bits per heavy atom. The normalized spacial score (nSPS) is 19.2. The molecule has 1 saturated heterocycles. The van der Waals surface area contributed by atoms with Gasteiger partial charge in [-0.25, -0.2) is 14.2 Å². The number of carboxylic acids is 1. The molecule has 1 unspecified atom stereocenters. The second-order valence-electron chi connectivity index (χ2n) is 8.64. The van der Waals surface area contributed by atoms with Crippen LogP contribution in [0.4, 0.5) is 10.2 Å². The van der Waals surface area contributed by atoms with E-state index in [1.54, 1.807) is 9.47 Å².